The zero-order valence-corrected chi connectivity index (χ0v) is 11.7. The van der Waals surface area contributed by atoms with Crippen molar-refractivity contribution < 1.29 is 4.39 Å². The van der Waals surface area contributed by atoms with E-state index in [1.165, 1.54) is 6.07 Å². The minimum absolute atomic E-state index is 0.138. The minimum atomic E-state index is -0.213. The van der Waals surface area contributed by atoms with Crippen molar-refractivity contribution in [3.05, 3.63) is 69.4 Å². The first-order chi connectivity index (χ1) is 8.58. The van der Waals surface area contributed by atoms with Gasteiger partial charge in [-0.05, 0) is 48.2 Å². The third-order valence-electron chi connectivity index (χ3n) is 3.06. The normalized spacial score (nSPS) is 12.4. The second-order valence-electron chi connectivity index (χ2n) is 4.40. The van der Waals surface area contributed by atoms with Crippen LogP contribution >= 0.6 is 15.9 Å². The fraction of sp³-hybridized carbons (Fsp3) is 0.200. The van der Waals surface area contributed by atoms with Crippen molar-refractivity contribution in [3.8, 4) is 0 Å². The molecule has 0 fully saturated rings. The molecule has 0 bridgehead atoms. The van der Waals surface area contributed by atoms with E-state index in [9.17, 15) is 4.39 Å². The van der Waals surface area contributed by atoms with Crippen molar-refractivity contribution in [2.24, 2.45) is 5.73 Å². The quantitative estimate of drug-likeness (QED) is 0.906. The van der Waals surface area contributed by atoms with Gasteiger partial charge in [-0.1, -0.05) is 40.2 Å². The van der Waals surface area contributed by atoms with E-state index in [0.29, 0.717) is 6.42 Å². The molecular weight excluding hydrogens is 293 g/mol. The van der Waals surface area contributed by atoms with Crippen LogP contribution in [-0.4, -0.2) is 0 Å². The van der Waals surface area contributed by atoms with Crippen LogP contribution in [0.1, 0.15) is 22.7 Å². The highest BCUT2D eigenvalue weighted by atomic mass is 79.9. The maximum Gasteiger partial charge on any atom is 0.123 e. The lowest BCUT2D eigenvalue weighted by atomic mass is 9.97. The third kappa shape index (κ3) is 2.98. The Morgan fingerprint density at radius 2 is 1.94 bits per heavy atom. The number of hydrogen-bond donors (Lipinski definition) is 1. The maximum atomic E-state index is 13.2. The van der Waals surface area contributed by atoms with Gasteiger partial charge in [-0.3, -0.25) is 0 Å². The second-order valence-corrected chi connectivity index (χ2v) is 5.26. The molecule has 18 heavy (non-hydrogen) atoms. The molecule has 0 amide bonds. The summed E-state index contributed by atoms with van der Waals surface area (Å²) in [4.78, 5) is 0. The zero-order valence-electron chi connectivity index (χ0n) is 10.2. The van der Waals surface area contributed by atoms with Crippen LogP contribution in [0, 0.1) is 12.7 Å². The second kappa shape index (κ2) is 5.63. The Hall–Kier alpha value is -1.19. The molecule has 0 saturated heterocycles. The van der Waals surface area contributed by atoms with Crippen molar-refractivity contribution in [2.75, 3.05) is 0 Å². The Kier molecular flexibility index (Phi) is 4.15. The number of nitrogens with two attached hydrogens (primary N) is 1. The van der Waals surface area contributed by atoms with Gasteiger partial charge in [0, 0.05) is 10.5 Å². The molecule has 0 spiro atoms. The van der Waals surface area contributed by atoms with E-state index in [2.05, 4.69) is 15.9 Å². The van der Waals surface area contributed by atoms with Crippen molar-refractivity contribution in [1.29, 1.82) is 0 Å². The zero-order chi connectivity index (χ0) is 13.1. The molecule has 0 radical (unpaired) electrons. The maximum absolute atomic E-state index is 13.2. The lowest BCUT2D eigenvalue weighted by molar-refractivity contribution is 0.621. The number of aryl methyl sites for hydroxylation is 1. The number of halogens is 2. The molecule has 0 saturated carbocycles. The van der Waals surface area contributed by atoms with Gasteiger partial charge in [-0.15, -0.1) is 0 Å². The number of benzene rings is 2. The summed E-state index contributed by atoms with van der Waals surface area (Å²) in [5.74, 6) is -0.213. The summed E-state index contributed by atoms with van der Waals surface area (Å²) in [6.07, 6.45) is 0.631. The monoisotopic (exact) mass is 307 g/mol. The van der Waals surface area contributed by atoms with Gasteiger partial charge >= 0.3 is 0 Å². The van der Waals surface area contributed by atoms with Crippen molar-refractivity contribution in [3.63, 3.8) is 0 Å². The molecule has 0 aliphatic rings. The van der Waals surface area contributed by atoms with Crippen molar-refractivity contribution in [1.82, 2.24) is 0 Å². The third-order valence-corrected chi connectivity index (χ3v) is 3.78. The highest BCUT2D eigenvalue weighted by Gasteiger charge is 2.12. The molecule has 0 heterocycles. The van der Waals surface area contributed by atoms with Crippen molar-refractivity contribution in [2.45, 2.75) is 19.4 Å². The van der Waals surface area contributed by atoms with E-state index < -0.39 is 0 Å². The van der Waals surface area contributed by atoms with Crippen LogP contribution in [0.5, 0.6) is 0 Å². The van der Waals surface area contributed by atoms with E-state index in [4.69, 9.17) is 5.73 Å². The molecule has 1 unspecified atom stereocenters. The summed E-state index contributed by atoms with van der Waals surface area (Å²) < 4.78 is 14.2. The molecule has 2 aromatic carbocycles. The molecular formula is C15H15BrFN. The molecule has 2 N–H and O–H groups in total. The summed E-state index contributed by atoms with van der Waals surface area (Å²) in [6, 6.07) is 12.6. The van der Waals surface area contributed by atoms with Gasteiger partial charge in [0.15, 0.2) is 0 Å². The molecule has 3 heteroatoms. The van der Waals surface area contributed by atoms with Gasteiger partial charge < -0.3 is 5.73 Å². The summed E-state index contributed by atoms with van der Waals surface area (Å²) in [6.45, 7) is 1.97. The van der Waals surface area contributed by atoms with Crippen LogP contribution in [0.15, 0.2) is 46.9 Å². The molecule has 0 aliphatic heterocycles. The predicted octanol–water partition coefficient (Wildman–Crippen LogP) is 4.14. The van der Waals surface area contributed by atoms with E-state index in [0.717, 1.165) is 21.2 Å². The molecule has 1 atom stereocenters. The number of rotatable bonds is 3. The van der Waals surface area contributed by atoms with Gasteiger partial charge in [0.2, 0.25) is 0 Å². The highest BCUT2D eigenvalue weighted by molar-refractivity contribution is 9.10. The molecule has 1 nitrogen and oxygen atoms in total. The van der Waals surface area contributed by atoms with E-state index in [1.54, 1.807) is 12.1 Å². The van der Waals surface area contributed by atoms with Gasteiger partial charge in [0.05, 0.1) is 0 Å². The SMILES string of the molecule is Cc1ccc(F)cc1CC(N)c1ccccc1Br. The average Bonchev–Trinajstić information content (AvgIpc) is 2.34. The predicted molar refractivity (Wildman–Crippen MR) is 75.9 cm³/mol. The Labute approximate surface area is 115 Å². The molecule has 0 aromatic heterocycles. The molecule has 2 aromatic rings. The summed E-state index contributed by atoms with van der Waals surface area (Å²) in [5.41, 5.74) is 9.26. The smallest absolute Gasteiger partial charge is 0.123 e. The Bertz CT molecular complexity index is 554. The summed E-state index contributed by atoms with van der Waals surface area (Å²) >= 11 is 3.49. The first kappa shape index (κ1) is 13.2. The first-order valence-corrected chi connectivity index (χ1v) is 6.62. The summed E-state index contributed by atoms with van der Waals surface area (Å²) in [5, 5.41) is 0. The largest absolute Gasteiger partial charge is 0.324 e. The lowest BCUT2D eigenvalue weighted by Gasteiger charge is -2.15. The highest BCUT2D eigenvalue weighted by Crippen LogP contribution is 2.25. The molecule has 2 rings (SSSR count). The van der Waals surface area contributed by atoms with Crippen LogP contribution in [-0.2, 0) is 6.42 Å². The Morgan fingerprint density at radius 1 is 1.22 bits per heavy atom. The van der Waals surface area contributed by atoms with E-state index in [-0.39, 0.29) is 11.9 Å². The van der Waals surface area contributed by atoms with Crippen LogP contribution in [0.3, 0.4) is 0 Å². The van der Waals surface area contributed by atoms with E-state index >= 15 is 0 Å². The first-order valence-electron chi connectivity index (χ1n) is 5.83. The molecule has 94 valence electrons. The molecule has 0 aliphatic carbocycles. The Morgan fingerprint density at radius 3 is 2.67 bits per heavy atom. The van der Waals surface area contributed by atoms with Gasteiger partial charge in [0.25, 0.3) is 0 Å². The van der Waals surface area contributed by atoms with Gasteiger partial charge in [-0.2, -0.15) is 0 Å². The van der Waals surface area contributed by atoms with Crippen molar-refractivity contribution >= 4 is 15.9 Å². The summed E-state index contributed by atoms with van der Waals surface area (Å²) in [7, 11) is 0. The van der Waals surface area contributed by atoms with Gasteiger partial charge in [0.1, 0.15) is 5.82 Å². The minimum Gasteiger partial charge on any atom is -0.324 e. The Balaban J connectivity index is 2.24. The van der Waals surface area contributed by atoms with Crippen LogP contribution in [0.2, 0.25) is 0 Å². The van der Waals surface area contributed by atoms with Crippen LogP contribution in [0.25, 0.3) is 0 Å². The average molecular weight is 308 g/mol. The lowest BCUT2D eigenvalue weighted by Crippen LogP contribution is -2.14. The standard InChI is InChI=1S/C15H15BrFN/c1-10-6-7-12(17)8-11(10)9-15(18)13-4-2-3-5-14(13)16/h2-8,15H,9,18H2,1H3. The fourth-order valence-electron chi connectivity index (χ4n) is 1.98. The topological polar surface area (TPSA) is 26.0 Å². The van der Waals surface area contributed by atoms with Gasteiger partial charge in [-0.25, -0.2) is 4.39 Å². The fourth-order valence-corrected chi connectivity index (χ4v) is 2.56. The van der Waals surface area contributed by atoms with Crippen LogP contribution in [0.4, 0.5) is 4.39 Å². The van der Waals surface area contributed by atoms with Crippen LogP contribution < -0.4 is 5.73 Å². The number of hydrogen-bond acceptors (Lipinski definition) is 1. The van der Waals surface area contributed by atoms with E-state index in [1.807, 2.05) is 31.2 Å².